The maximum Gasteiger partial charge on any atom is 0.255 e. The van der Waals surface area contributed by atoms with Gasteiger partial charge < -0.3 is 30.4 Å². The minimum Gasteiger partial charge on any atom is -0.493 e. The SMILES string of the molecule is COc1ccc(C(=O)NCC(O)C(N)=O)c(OC)c1OC. The second-order valence-corrected chi connectivity index (χ2v) is 4.01. The van der Waals surface area contributed by atoms with Gasteiger partial charge in [-0.1, -0.05) is 0 Å². The van der Waals surface area contributed by atoms with E-state index in [0.717, 1.165) is 0 Å². The van der Waals surface area contributed by atoms with E-state index < -0.39 is 17.9 Å². The van der Waals surface area contributed by atoms with E-state index in [1.165, 1.54) is 27.4 Å². The highest BCUT2D eigenvalue weighted by Gasteiger charge is 2.21. The third kappa shape index (κ3) is 3.76. The number of hydrogen-bond donors (Lipinski definition) is 3. The smallest absolute Gasteiger partial charge is 0.255 e. The fourth-order valence-electron chi connectivity index (χ4n) is 1.67. The number of aliphatic hydroxyl groups is 1. The van der Waals surface area contributed by atoms with Crippen molar-refractivity contribution in [2.24, 2.45) is 5.73 Å². The second-order valence-electron chi connectivity index (χ2n) is 4.01. The molecule has 0 bridgehead atoms. The molecule has 0 aliphatic carbocycles. The molecule has 0 aromatic heterocycles. The van der Waals surface area contributed by atoms with Crippen LogP contribution in [-0.2, 0) is 4.79 Å². The summed E-state index contributed by atoms with van der Waals surface area (Å²) in [6, 6.07) is 3.02. The van der Waals surface area contributed by atoms with Crippen LogP contribution in [0.25, 0.3) is 0 Å². The van der Waals surface area contributed by atoms with Crippen LogP contribution in [0, 0.1) is 0 Å². The van der Waals surface area contributed by atoms with Gasteiger partial charge in [0.25, 0.3) is 5.91 Å². The van der Waals surface area contributed by atoms with Crippen LogP contribution in [-0.4, -0.2) is 50.9 Å². The Kier molecular flexibility index (Phi) is 5.79. The molecule has 8 heteroatoms. The highest BCUT2D eigenvalue weighted by atomic mass is 16.5. The van der Waals surface area contributed by atoms with Crippen LogP contribution in [0.5, 0.6) is 17.2 Å². The highest BCUT2D eigenvalue weighted by Crippen LogP contribution is 2.39. The zero-order valence-electron chi connectivity index (χ0n) is 12.0. The van der Waals surface area contributed by atoms with Crippen molar-refractivity contribution >= 4 is 11.8 Å². The number of rotatable bonds is 7. The molecular formula is C13H18N2O6. The van der Waals surface area contributed by atoms with E-state index in [1.54, 1.807) is 6.07 Å². The number of ether oxygens (including phenoxy) is 3. The van der Waals surface area contributed by atoms with Gasteiger partial charge in [-0.25, -0.2) is 0 Å². The molecule has 21 heavy (non-hydrogen) atoms. The number of amides is 2. The topological polar surface area (TPSA) is 120 Å². The first kappa shape index (κ1) is 16.6. The average Bonchev–Trinajstić information content (AvgIpc) is 2.49. The number of aliphatic hydroxyl groups excluding tert-OH is 1. The Balaban J connectivity index is 3.01. The van der Waals surface area contributed by atoms with Crippen molar-refractivity contribution in [1.82, 2.24) is 5.32 Å². The Morgan fingerprint density at radius 2 is 1.81 bits per heavy atom. The highest BCUT2D eigenvalue weighted by molar-refractivity contribution is 5.98. The van der Waals surface area contributed by atoms with Gasteiger partial charge in [0.05, 0.1) is 33.4 Å². The maximum atomic E-state index is 12.1. The normalized spacial score (nSPS) is 11.4. The molecule has 1 rings (SSSR count). The monoisotopic (exact) mass is 298 g/mol. The number of carbonyl (C=O) groups is 2. The fraction of sp³-hybridized carbons (Fsp3) is 0.385. The lowest BCUT2D eigenvalue weighted by molar-refractivity contribution is -0.125. The van der Waals surface area contributed by atoms with Crippen molar-refractivity contribution in [3.63, 3.8) is 0 Å². The lowest BCUT2D eigenvalue weighted by Gasteiger charge is -2.16. The summed E-state index contributed by atoms with van der Waals surface area (Å²) < 4.78 is 15.4. The van der Waals surface area contributed by atoms with Crippen molar-refractivity contribution in [3.8, 4) is 17.2 Å². The number of primary amides is 1. The molecule has 0 spiro atoms. The van der Waals surface area contributed by atoms with Crippen LogP contribution in [0.4, 0.5) is 0 Å². The van der Waals surface area contributed by atoms with Gasteiger partial charge in [-0.05, 0) is 12.1 Å². The minimum absolute atomic E-state index is 0.173. The molecule has 0 aliphatic rings. The van der Waals surface area contributed by atoms with E-state index in [9.17, 15) is 14.7 Å². The molecular weight excluding hydrogens is 280 g/mol. The van der Waals surface area contributed by atoms with E-state index in [4.69, 9.17) is 19.9 Å². The van der Waals surface area contributed by atoms with Crippen molar-refractivity contribution < 1.29 is 28.9 Å². The first-order chi connectivity index (χ1) is 9.96. The first-order valence-electron chi connectivity index (χ1n) is 6.00. The first-order valence-corrected chi connectivity index (χ1v) is 6.00. The van der Waals surface area contributed by atoms with Gasteiger partial charge in [0, 0.05) is 0 Å². The molecule has 116 valence electrons. The minimum atomic E-state index is -1.46. The van der Waals surface area contributed by atoms with Gasteiger partial charge in [-0.2, -0.15) is 0 Å². The molecule has 0 radical (unpaired) electrons. The van der Waals surface area contributed by atoms with Crippen LogP contribution in [0.3, 0.4) is 0 Å². The molecule has 0 saturated heterocycles. The number of nitrogens with two attached hydrogens (primary N) is 1. The Bertz CT molecular complexity index is 532. The van der Waals surface area contributed by atoms with Crippen molar-refractivity contribution in [2.45, 2.75) is 6.10 Å². The summed E-state index contributed by atoms with van der Waals surface area (Å²) in [5.74, 6) is -0.614. The summed E-state index contributed by atoms with van der Waals surface area (Å²) in [5.41, 5.74) is 5.07. The number of carbonyl (C=O) groups excluding carboxylic acids is 2. The summed E-state index contributed by atoms with van der Waals surface area (Å²) in [5, 5.41) is 11.6. The molecule has 0 saturated carbocycles. The van der Waals surface area contributed by atoms with Gasteiger partial charge in [0.1, 0.15) is 6.10 Å². The summed E-state index contributed by atoms with van der Waals surface area (Å²) in [6.07, 6.45) is -1.46. The van der Waals surface area contributed by atoms with Crippen molar-refractivity contribution in [1.29, 1.82) is 0 Å². The fourth-order valence-corrected chi connectivity index (χ4v) is 1.67. The van der Waals surface area contributed by atoms with Crippen LogP contribution in [0.1, 0.15) is 10.4 Å². The number of nitrogens with one attached hydrogen (secondary N) is 1. The standard InChI is InChI=1S/C13H18N2O6/c1-19-9-5-4-7(10(20-2)11(9)21-3)13(18)15-6-8(16)12(14)17/h4-5,8,16H,6H2,1-3H3,(H2,14,17)(H,15,18). The van der Waals surface area contributed by atoms with E-state index >= 15 is 0 Å². The second kappa shape index (κ2) is 7.34. The van der Waals surface area contributed by atoms with Gasteiger partial charge in [0.2, 0.25) is 11.7 Å². The third-order valence-electron chi connectivity index (χ3n) is 2.73. The Hall–Kier alpha value is -2.48. The predicted molar refractivity (Wildman–Crippen MR) is 73.6 cm³/mol. The molecule has 4 N–H and O–H groups in total. The van der Waals surface area contributed by atoms with E-state index in [-0.39, 0.29) is 23.6 Å². The van der Waals surface area contributed by atoms with Gasteiger partial charge >= 0.3 is 0 Å². The van der Waals surface area contributed by atoms with Crippen LogP contribution in [0.15, 0.2) is 12.1 Å². The molecule has 1 aromatic rings. The maximum absolute atomic E-state index is 12.1. The summed E-state index contributed by atoms with van der Waals surface area (Å²) in [4.78, 5) is 22.8. The average molecular weight is 298 g/mol. The van der Waals surface area contributed by atoms with E-state index in [0.29, 0.717) is 5.75 Å². The van der Waals surface area contributed by atoms with Gasteiger partial charge in [0.15, 0.2) is 11.5 Å². The quantitative estimate of drug-likeness (QED) is 0.611. The Morgan fingerprint density at radius 3 is 2.29 bits per heavy atom. The predicted octanol–water partition coefficient (Wildman–Crippen LogP) is -0.712. The number of methoxy groups -OCH3 is 3. The lowest BCUT2D eigenvalue weighted by Crippen LogP contribution is -2.40. The molecule has 8 nitrogen and oxygen atoms in total. The van der Waals surface area contributed by atoms with Gasteiger partial charge in [-0.15, -0.1) is 0 Å². The molecule has 0 heterocycles. The zero-order valence-corrected chi connectivity index (χ0v) is 12.0. The van der Waals surface area contributed by atoms with E-state index in [1.807, 2.05) is 0 Å². The molecule has 1 unspecified atom stereocenters. The third-order valence-corrected chi connectivity index (χ3v) is 2.73. The number of hydrogen-bond acceptors (Lipinski definition) is 6. The molecule has 1 atom stereocenters. The summed E-state index contributed by atoms with van der Waals surface area (Å²) in [7, 11) is 4.26. The van der Waals surface area contributed by atoms with Crippen molar-refractivity contribution in [2.75, 3.05) is 27.9 Å². The van der Waals surface area contributed by atoms with Crippen LogP contribution < -0.4 is 25.3 Å². The molecule has 0 aliphatic heterocycles. The summed E-state index contributed by atoms with van der Waals surface area (Å²) in [6.45, 7) is -0.300. The van der Waals surface area contributed by atoms with Crippen LogP contribution in [0.2, 0.25) is 0 Å². The zero-order chi connectivity index (χ0) is 16.0. The Labute approximate surface area is 121 Å². The van der Waals surface area contributed by atoms with E-state index in [2.05, 4.69) is 5.32 Å². The molecule has 2 amide bonds. The van der Waals surface area contributed by atoms with Gasteiger partial charge in [-0.3, -0.25) is 9.59 Å². The molecule has 1 aromatic carbocycles. The largest absolute Gasteiger partial charge is 0.493 e. The number of benzene rings is 1. The van der Waals surface area contributed by atoms with Crippen LogP contribution >= 0.6 is 0 Å². The summed E-state index contributed by atoms with van der Waals surface area (Å²) >= 11 is 0. The lowest BCUT2D eigenvalue weighted by atomic mass is 10.1. The Morgan fingerprint density at radius 1 is 1.19 bits per heavy atom. The molecule has 0 fully saturated rings. The van der Waals surface area contributed by atoms with Crippen molar-refractivity contribution in [3.05, 3.63) is 17.7 Å².